The van der Waals surface area contributed by atoms with Gasteiger partial charge in [-0.15, -0.1) is 0 Å². The highest BCUT2D eigenvalue weighted by Gasteiger charge is 2.48. The molecule has 0 bridgehead atoms. The Morgan fingerprint density at radius 2 is 1.88 bits per heavy atom. The van der Waals surface area contributed by atoms with Crippen molar-refractivity contribution in [2.75, 3.05) is 24.7 Å². The van der Waals surface area contributed by atoms with Crippen molar-refractivity contribution < 1.29 is 33.7 Å². The number of ketones is 1. The van der Waals surface area contributed by atoms with Crippen LogP contribution >= 0.6 is 11.3 Å². The summed E-state index contributed by atoms with van der Waals surface area (Å²) in [5.41, 5.74) is 1.10. The number of carbonyl (C=O) groups excluding carboxylic acids is 3. The molecule has 1 amide bonds. The minimum Gasteiger partial charge on any atom is -0.507 e. The molecule has 0 aliphatic carbocycles. The van der Waals surface area contributed by atoms with Crippen LogP contribution in [0, 0.1) is 6.92 Å². The molecule has 1 atom stereocenters. The zero-order valence-corrected chi connectivity index (χ0v) is 23.3. The van der Waals surface area contributed by atoms with Crippen molar-refractivity contribution in [3.8, 4) is 11.5 Å². The molecule has 0 radical (unpaired) electrons. The van der Waals surface area contributed by atoms with Crippen LogP contribution in [0.25, 0.3) is 5.76 Å². The lowest BCUT2D eigenvalue weighted by molar-refractivity contribution is -0.132. The van der Waals surface area contributed by atoms with E-state index >= 15 is 0 Å². The largest absolute Gasteiger partial charge is 0.507 e. The van der Waals surface area contributed by atoms with Gasteiger partial charge in [0.25, 0.3) is 5.78 Å². The minimum atomic E-state index is -1.04. The molecule has 208 valence electrons. The Bertz CT molecular complexity index is 1460. The van der Waals surface area contributed by atoms with E-state index in [9.17, 15) is 19.5 Å². The predicted molar refractivity (Wildman–Crippen MR) is 152 cm³/mol. The van der Waals surface area contributed by atoms with Gasteiger partial charge in [0, 0.05) is 5.56 Å². The number of esters is 1. The standard InChI is InChI=1S/C30H30N2O7S/c1-5-15-38-21-13-11-19(12-14-21)25(33)23-24(20-9-8-10-22(17-20)39-16-6-2)32(28(35)26(23)34)30-31-18(4)27(40-30)29(36)37-7-3/h6,8-14,17,24,33H,2,5,7,15-16H2,1,3-4H3. The number of hydrogen-bond donors (Lipinski definition) is 1. The molecule has 9 nitrogen and oxygen atoms in total. The summed E-state index contributed by atoms with van der Waals surface area (Å²) in [6.45, 7) is 9.95. The van der Waals surface area contributed by atoms with E-state index in [1.165, 1.54) is 4.90 Å². The second kappa shape index (κ2) is 12.6. The average molecular weight is 563 g/mol. The number of benzene rings is 2. The normalized spacial score (nSPS) is 16.2. The van der Waals surface area contributed by atoms with Crippen molar-refractivity contribution in [2.24, 2.45) is 0 Å². The van der Waals surface area contributed by atoms with Gasteiger partial charge in [-0.05, 0) is 62.2 Å². The van der Waals surface area contributed by atoms with Gasteiger partial charge < -0.3 is 19.3 Å². The van der Waals surface area contributed by atoms with Gasteiger partial charge in [0.15, 0.2) is 5.13 Å². The summed E-state index contributed by atoms with van der Waals surface area (Å²) >= 11 is 0.948. The molecule has 1 aliphatic rings. The van der Waals surface area contributed by atoms with Gasteiger partial charge in [-0.1, -0.05) is 43.0 Å². The number of aryl methyl sites for hydroxylation is 1. The Balaban J connectivity index is 1.86. The Hall–Kier alpha value is -4.44. The number of ether oxygens (including phenoxy) is 3. The van der Waals surface area contributed by atoms with Gasteiger partial charge in [0.1, 0.15) is 28.7 Å². The number of Topliss-reactive ketones (excluding diaryl/α,β-unsaturated/α-hetero) is 1. The third-order valence-corrected chi connectivity index (χ3v) is 7.18. The molecule has 2 aromatic carbocycles. The molecule has 1 saturated heterocycles. The molecule has 1 aromatic heterocycles. The lowest BCUT2D eigenvalue weighted by Gasteiger charge is -2.23. The number of thiazole rings is 1. The molecule has 1 N–H and O–H groups in total. The van der Waals surface area contributed by atoms with Crippen molar-refractivity contribution in [3.05, 3.63) is 88.5 Å². The number of rotatable bonds is 11. The van der Waals surface area contributed by atoms with Gasteiger partial charge >= 0.3 is 11.9 Å². The maximum atomic E-state index is 13.5. The molecule has 2 heterocycles. The first kappa shape index (κ1) is 28.6. The number of hydrogen-bond acceptors (Lipinski definition) is 9. The summed E-state index contributed by atoms with van der Waals surface area (Å²) in [5, 5.41) is 11.5. The van der Waals surface area contributed by atoms with Gasteiger partial charge in [0.05, 0.1) is 30.5 Å². The number of aliphatic hydroxyl groups excluding tert-OH is 1. The summed E-state index contributed by atoms with van der Waals surface area (Å²) in [4.78, 5) is 45.3. The first-order chi connectivity index (χ1) is 19.3. The summed E-state index contributed by atoms with van der Waals surface area (Å²) in [6, 6.07) is 12.5. The third-order valence-electron chi connectivity index (χ3n) is 6.04. The molecule has 4 rings (SSSR count). The van der Waals surface area contributed by atoms with E-state index in [0.29, 0.717) is 34.9 Å². The van der Waals surface area contributed by atoms with Crippen LogP contribution in [0.5, 0.6) is 11.5 Å². The molecule has 10 heteroatoms. The SMILES string of the molecule is C=CCOc1cccc(C2C(=C(O)c3ccc(OCCC)cc3)C(=O)C(=O)N2c2nc(C)c(C(=O)OCC)s2)c1. The van der Waals surface area contributed by atoms with Crippen molar-refractivity contribution in [1.29, 1.82) is 0 Å². The maximum absolute atomic E-state index is 13.5. The predicted octanol–water partition coefficient (Wildman–Crippen LogP) is 5.61. The second-order valence-electron chi connectivity index (χ2n) is 8.85. The number of nitrogens with zero attached hydrogens (tertiary/aromatic N) is 2. The van der Waals surface area contributed by atoms with E-state index in [-0.39, 0.29) is 34.6 Å². The van der Waals surface area contributed by atoms with Crippen molar-refractivity contribution in [3.63, 3.8) is 0 Å². The molecule has 0 saturated carbocycles. The highest BCUT2D eigenvalue weighted by molar-refractivity contribution is 7.17. The van der Waals surface area contributed by atoms with Gasteiger partial charge in [-0.25, -0.2) is 9.78 Å². The second-order valence-corrected chi connectivity index (χ2v) is 9.82. The summed E-state index contributed by atoms with van der Waals surface area (Å²) in [5.74, 6) is -1.56. The van der Waals surface area contributed by atoms with Crippen LogP contribution < -0.4 is 14.4 Å². The number of anilines is 1. The average Bonchev–Trinajstić information content (AvgIpc) is 3.47. The lowest BCUT2D eigenvalue weighted by Crippen LogP contribution is -2.29. The zero-order valence-electron chi connectivity index (χ0n) is 22.5. The molecule has 1 aliphatic heterocycles. The van der Waals surface area contributed by atoms with E-state index < -0.39 is 23.7 Å². The van der Waals surface area contributed by atoms with Crippen LogP contribution in [0.3, 0.4) is 0 Å². The molecule has 1 fully saturated rings. The molecular weight excluding hydrogens is 532 g/mol. The highest BCUT2D eigenvalue weighted by atomic mass is 32.1. The van der Waals surface area contributed by atoms with Crippen LogP contribution in [0.15, 0.2) is 66.8 Å². The van der Waals surface area contributed by atoms with Gasteiger partial charge in [-0.3, -0.25) is 14.5 Å². The van der Waals surface area contributed by atoms with E-state index in [4.69, 9.17) is 14.2 Å². The van der Waals surface area contributed by atoms with Crippen LogP contribution in [0.4, 0.5) is 5.13 Å². The fraction of sp³-hybridized carbons (Fsp3) is 0.267. The van der Waals surface area contributed by atoms with Crippen LogP contribution in [-0.4, -0.2) is 47.6 Å². The van der Waals surface area contributed by atoms with Crippen LogP contribution in [-0.2, 0) is 14.3 Å². The first-order valence-corrected chi connectivity index (χ1v) is 13.6. The lowest BCUT2D eigenvalue weighted by atomic mass is 9.95. The van der Waals surface area contributed by atoms with Crippen molar-refractivity contribution in [1.82, 2.24) is 4.98 Å². The summed E-state index contributed by atoms with van der Waals surface area (Å²) in [7, 11) is 0. The maximum Gasteiger partial charge on any atom is 0.350 e. The Morgan fingerprint density at radius 1 is 1.12 bits per heavy atom. The Morgan fingerprint density at radius 3 is 2.55 bits per heavy atom. The molecular formula is C30H30N2O7S. The summed E-state index contributed by atoms with van der Waals surface area (Å²) in [6.07, 6.45) is 2.44. The smallest absolute Gasteiger partial charge is 0.350 e. The highest BCUT2D eigenvalue weighted by Crippen LogP contribution is 2.44. The van der Waals surface area contributed by atoms with E-state index in [1.807, 2.05) is 6.92 Å². The first-order valence-electron chi connectivity index (χ1n) is 12.8. The third kappa shape index (κ3) is 5.76. The zero-order chi connectivity index (χ0) is 28.8. The van der Waals surface area contributed by atoms with E-state index in [1.54, 1.807) is 68.5 Å². The minimum absolute atomic E-state index is 0.112. The Kier molecular flexibility index (Phi) is 9.00. The van der Waals surface area contributed by atoms with E-state index in [0.717, 1.165) is 17.8 Å². The monoisotopic (exact) mass is 562 g/mol. The van der Waals surface area contributed by atoms with Gasteiger partial charge in [-0.2, -0.15) is 0 Å². The number of amides is 1. The molecule has 0 spiro atoms. The van der Waals surface area contributed by atoms with Crippen molar-refractivity contribution in [2.45, 2.75) is 33.2 Å². The number of aromatic nitrogens is 1. The number of aliphatic hydroxyl groups is 1. The summed E-state index contributed by atoms with van der Waals surface area (Å²) < 4.78 is 16.4. The van der Waals surface area contributed by atoms with Crippen molar-refractivity contribution >= 4 is 39.9 Å². The fourth-order valence-electron chi connectivity index (χ4n) is 4.23. The molecule has 40 heavy (non-hydrogen) atoms. The molecule has 3 aromatic rings. The quantitative estimate of drug-likeness (QED) is 0.105. The fourth-order valence-corrected chi connectivity index (χ4v) is 5.22. The number of carbonyl (C=O) groups is 3. The topological polar surface area (TPSA) is 115 Å². The Labute approximate surface area is 236 Å². The van der Waals surface area contributed by atoms with Crippen LogP contribution in [0.1, 0.15) is 52.8 Å². The van der Waals surface area contributed by atoms with E-state index in [2.05, 4.69) is 11.6 Å². The molecule has 1 unspecified atom stereocenters. The van der Waals surface area contributed by atoms with Crippen LogP contribution in [0.2, 0.25) is 0 Å². The van der Waals surface area contributed by atoms with Gasteiger partial charge in [0.2, 0.25) is 0 Å².